The van der Waals surface area contributed by atoms with Crippen LogP contribution in [0.5, 0.6) is 5.75 Å². The van der Waals surface area contributed by atoms with Crippen LogP contribution >= 0.6 is 11.8 Å². The first-order chi connectivity index (χ1) is 12.0. The van der Waals surface area contributed by atoms with E-state index in [2.05, 4.69) is 5.32 Å². The molecule has 0 heterocycles. The Kier molecular flexibility index (Phi) is 6.89. The van der Waals surface area contributed by atoms with Crippen LogP contribution in [0.1, 0.15) is 22.8 Å². The van der Waals surface area contributed by atoms with Crippen LogP contribution in [0.2, 0.25) is 0 Å². The van der Waals surface area contributed by atoms with Crippen LogP contribution in [0, 0.1) is 0 Å². The highest BCUT2D eigenvalue weighted by Crippen LogP contribution is 2.19. The summed E-state index contributed by atoms with van der Waals surface area (Å²) in [7, 11) is 0. The van der Waals surface area contributed by atoms with Gasteiger partial charge in [0.05, 0.1) is 5.56 Å². The number of hydrogen-bond acceptors (Lipinski definition) is 4. The predicted molar refractivity (Wildman–Crippen MR) is 98.4 cm³/mol. The van der Waals surface area contributed by atoms with Crippen LogP contribution in [-0.2, 0) is 11.2 Å². The van der Waals surface area contributed by atoms with E-state index in [0.717, 1.165) is 10.5 Å². The third-order valence-corrected chi connectivity index (χ3v) is 4.37. The molecule has 2 aromatic rings. The molecule has 2 rings (SSSR count). The van der Waals surface area contributed by atoms with E-state index >= 15 is 0 Å². The molecule has 0 radical (unpaired) electrons. The molecule has 6 heteroatoms. The molecule has 132 valence electrons. The maximum Gasteiger partial charge on any atom is 0.335 e. The Morgan fingerprint density at radius 3 is 2.56 bits per heavy atom. The van der Waals surface area contributed by atoms with Crippen LogP contribution in [0.3, 0.4) is 0 Å². The SMILES string of the molecule is CSc1ccc(OC(C)C(=O)NCCc2cccc(C(=O)O)c2)cc1. The molecular formula is C19H21NO4S. The Morgan fingerprint density at radius 2 is 1.92 bits per heavy atom. The lowest BCUT2D eigenvalue weighted by Gasteiger charge is -2.15. The molecule has 0 aromatic heterocycles. The normalized spacial score (nSPS) is 11.6. The Labute approximate surface area is 151 Å². The van der Waals surface area contributed by atoms with Gasteiger partial charge in [-0.15, -0.1) is 11.8 Å². The van der Waals surface area contributed by atoms with Crippen LogP contribution in [-0.4, -0.2) is 35.9 Å². The van der Waals surface area contributed by atoms with Crippen molar-refractivity contribution in [2.45, 2.75) is 24.3 Å². The van der Waals surface area contributed by atoms with E-state index in [9.17, 15) is 9.59 Å². The summed E-state index contributed by atoms with van der Waals surface area (Å²) >= 11 is 1.64. The van der Waals surface area contributed by atoms with Crippen molar-refractivity contribution in [3.8, 4) is 5.75 Å². The summed E-state index contributed by atoms with van der Waals surface area (Å²) in [5.41, 5.74) is 1.11. The fraction of sp³-hybridized carbons (Fsp3) is 0.263. The average Bonchev–Trinajstić information content (AvgIpc) is 2.62. The minimum Gasteiger partial charge on any atom is -0.481 e. The molecular weight excluding hydrogens is 338 g/mol. The molecule has 2 aromatic carbocycles. The van der Waals surface area contributed by atoms with Crippen molar-refractivity contribution in [1.82, 2.24) is 5.32 Å². The number of carboxylic acids is 1. The number of aromatic carboxylic acids is 1. The van der Waals surface area contributed by atoms with Gasteiger partial charge in [0.2, 0.25) is 0 Å². The van der Waals surface area contributed by atoms with Gasteiger partial charge >= 0.3 is 5.97 Å². The Bertz CT molecular complexity index is 730. The summed E-state index contributed by atoms with van der Waals surface area (Å²) in [5, 5.41) is 11.8. The summed E-state index contributed by atoms with van der Waals surface area (Å²) in [6.07, 6.45) is 1.95. The van der Waals surface area contributed by atoms with Crippen molar-refractivity contribution < 1.29 is 19.4 Å². The van der Waals surface area contributed by atoms with E-state index in [0.29, 0.717) is 18.7 Å². The number of carboxylic acid groups (broad SMARTS) is 1. The van der Waals surface area contributed by atoms with Crippen LogP contribution in [0.4, 0.5) is 0 Å². The van der Waals surface area contributed by atoms with Gasteiger partial charge in [0, 0.05) is 11.4 Å². The second-order valence-corrected chi connectivity index (χ2v) is 6.36. The Balaban J connectivity index is 1.80. The number of carbonyl (C=O) groups excluding carboxylic acids is 1. The van der Waals surface area contributed by atoms with Gasteiger partial charge in [-0.05, 0) is 61.6 Å². The van der Waals surface area contributed by atoms with Gasteiger partial charge in [0.1, 0.15) is 5.75 Å². The summed E-state index contributed by atoms with van der Waals surface area (Å²) < 4.78 is 5.63. The maximum atomic E-state index is 12.1. The lowest BCUT2D eigenvalue weighted by atomic mass is 10.1. The monoisotopic (exact) mass is 359 g/mol. The highest BCUT2D eigenvalue weighted by Gasteiger charge is 2.14. The van der Waals surface area contributed by atoms with Crippen molar-refractivity contribution >= 4 is 23.6 Å². The molecule has 0 fully saturated rings. The first kappa shape index (κ1) is 18.9. The second kappa shape index (κ2) is 9.13. The summed E-state index contributed by atoms with van der Waals surface area (Å²) in [6, 6.07) is 14.3. The molecule has 0 bridgehead atoms. The lowest BCUT2D eigenvalue weighted by molar-refractivity contribution is -0.127. The third-order valence-electron chi connectivity index (χ3n) is 3.63. The third kappa shape index (κ3) is 5.83. The van der Waals surface area contributed by atoms with E-state index in [4.69, 9.17) is 9.84 Å². The topological polar surface area (TPSA) is 75.6 Å². The Hall–Kier alpha value is -2.47. The Morgan fingerprint density at radius 1 is 1.20 bits per heavy atom. The minimum atomic E-state index is -0.958. The molecule has 1 unspecified atom stereocenters. The highest BCUT2D eigenvalue weighted by atomic mass is 32.2. The summed E-state index contributed by atoms with van der Waals surface area (Å²) in [5.74, 6) is -0.515. The van der Waals surface area contributed by atoms with Gasteiger partial charge in [-0.3, -0.25) is 4.79 Å². The van der Waals surface area contributed by atoms with Crippen LogP contribution < -0.4 is 10.1 Å². The molecule has 0 aliphatic rings. The average molecular weight is 359 g/mol. The fourth-order valence-corrected chi connectivity index (χ4v) is 2.65. The van der Waals surface area contributed by atoms with Crippen LogP contribution in [0.25, 0.3) is 0 Å². The number of thioether (sulfide) groups is 1. The first-order valence-electron chi connectivity index (χ1n) is 7.90. The quantitative estimate of drug-likeness (QED) is 0.708. The number of hydrogen-bond donors (Lipinski definition) is 2. The lowest BCUT2D eigenvalue weighted by Crippen LogP contribution is -2.37. The molecule has 1 atom stereocenters. The second-order valence-electron chi connectivity index (χ2n) is 5.48. The number of benzene rings is 2. The molecule has 0 saturated heterocycles. The first-order valence-corrected chi connectivity index (χ1v) is 9.12. The molecule has 0 saturated carbocycles. The molecule has 5 nitrogen and oxygen atoms in total. The smallest absolute Gasteiger partial charge is 0.335 e. The van der Waals surface area contributed by atoms with E-state index in [1.54, 1.807) is 36.9 Å². The van der Waals surface area contributed by atoms with Crippen molar-refractivity contribution in [1.29, 1.82) is 0 Å². The number of nitrogens with one attached hydrogen (secondary N) is 1. The van der Waals surface area contributed by atoms with Gasteiger partial charge in [-0.2, -0.15) is 0 Å². The van der Waals surface area contributed by atoms with Gasteiger partial charge < -0.3 is 15.2 Å². The number of rotatable bonds is 8. The van der Waals surface area contributed by atoms with E-state index in [1.807, 2.05) is 36.6 Å². The molecule has 25 heavy (non-hydrogen) atoms. The molecule has 1 amide bonds. The zero-order chi connectivity index (χ0) is 18.2. The van der Waals surface area contributed by atoms with Gasteiger partial charge in [-0.25, -0.2) is 4.79 Å². The molecule has 0 spiro atoms. The number of carbonyl (C=O) groups is 2. The van der Waals surface area contributed by atoms with E-state index in [1.165, 1.54) is 0 Å². The zero-order valence-electron chi connectivity index (χ0n) is 14.2. The predicted octanol–water partition coefficient (Wildman–Crippen LogP) is 3.23. The van der Waals surface area contributed by atoms with Gasteiger partial charge in [0.15, 0.2) is 6.10 Å². The maximum absolute atomic E-state index is 12.1. The highest BCUT2D eigenvalue weighted by molar-refractivity contribution is 7.98. The number of ether oxygens (including phenoxy) is 1. The van der Waals surface area contributed by atoms with Gasteiger partial charge in [0.25, 0.3) is 5.91 Å². The van der Waals surface area contributed by atoms with Crippen LogP contribution in [0.15, 0.2) is 53.4 Å². The zero-order valence-corrected chi connectivity index (χ0v) is 15.0. The van der Waals surface area contributed by atoms with Crippen molar-refractivity contribution in [3.05, 3.63) is 59.7 Å². The largest absolute Gasteiger partial charge is 0.481 e. The van der Waals surface area contributed by atoms with Crippen molar-refractivity contribution in [2.24, 2.45) is 0 Å². The molecule has 0 aliphatic heterocycles. The standard InChI is InChI=1S/C19H21NO4S/c1-13(24-16-6-8-17(25-2)9-7-16)18(21)20-11-10-14-4-3-5-15(12-14)19(22)23/h3-9,12-13H,10-11H2,1-2H3,(H,20,21)(H,22,23). The summed E-state index contributed by atoms with van der Waals surface area (Å²) in [4.78, 5) is 24.2. The minimum absolute atomic E-state index is 0.205. The number of amides is 1. The fourth-order valence-electron chi connectivity index (χ4n) is 2.25. The summed E-state index contributed by atoms with van der Waals surface area (Å²) in [6.45, 7) is 2.11. The van der Waals surface area contributed by atoms with E-state index in [-0.39, 0.29) is 11.5 Å². The van der Waals surface area contributed by atoms with Crippen molar-refractivity contribution in [3.63, 3.8) is 0 Å². The molecule has 0 aliphatic carbocycles. The van der Waals surface area contributed by atoms with Gasteiger partial charge in [-0.1, -0.05) is 12.1 Å². The molecule has 2 N–H and O–H groups in total. The van der Waals surface area contributed by atoms with E-state index < -0.39 is 12.1 Å². The van der Waals surface area contributed by atoms with Crippen molar-refractivity contribution in [2.75, 3.05) is 12.8 Å².